The monoisotopic (exact) mass is 444 g/mol. The predicted molar refractivity (Wildman–Crippen MR) is 96.9 cm³/mol. The zero-order valence-corrected chi connectivity index (χ0v) is 15.6. The first kappa shape index (κ1) is 16.1. The second-order valence-electron chi connectivity index (χ2n) is 5.27. The van der Waals surface area contributed by atoms with Gasteiger partial charge in [-0.1, -0.05) is 12.8 Å². The summed E-state index contributed by atoms with van der Waals surface area (Å²) in [7, 11) is 0. The van der Waals surface area contributed by atoms with Gasteiger partial charge in [0.2, 0.25) is 0 Å². The van der Waals surface area contributed by atoms with Gasteiger partial charge in [0.05, 0.1) is 19.9 Å². The predicted octanol–water partition coefficient (Wildman–Crippen LogP) is 4.42. The number of aromatic hydroxyl groups is 1. The average Bonchev–Trinajstić information content (AvgIpc) is 3.07. The fraction of sp³-hybridized carbons (Fsp3) is 0.333. The van der Waals surface area contributed by atoms with Gasteiger partial charge in [-0.15, -0.1) is 0 Å². The molecule has 116 valence electrons. The molecule has 2 aliphatic rings. The van der Waals surface area contributed by atoms with Gasteiger partial charge in [0.15, 0.2) is 5.17 Å². The minimum Gasteiger partial charge on any atom is -0.506 e. The Kier molecular flexibility index (Phi) is 4.94. The normalized spacial score (nSPS) is 22.7. The van der Waals surface area contributed by atoms with E-state index in [2.05, 4.69) is 42.2 Å². The number of benzene rings is 1. The molecule has 3 rings (SSSR count). The third-order valence-electron chi connectivity index (χ3n) is 3.61. The zero-order chi connectivity index (χ0) is 15.7. The number of nitrogens with one attached hydrogen (secondary N) is 1. The molecule has 0 spiro atoms. The first-order valence-electron chi connectivity index (χ1n) is 6.99. The number of phenolic OH excluding ortho intramolecular Hbond substituents is 1. The van der Waals surface area contributed by atoms with E-state index in [4.69, 9.17) is 0 Å². The van der Waals surface area contributed by atoms with Crippen LogP contribution in [0.15, 0.2) is 31.0 Å². The molecule has 1 saturated heterocycles. The number of aliphatic imine (C=N–C) groups is 1. The Morgan fingerprint density at radius 2 is 1.91 bits per heavy atom. The van der Waals surface area contributed by atoms with Gasteiger partial charge in [-0.25, -0.2) is 0 Å². The lowest BCUT2D eigenvalue weighted by Crippen LogP contribution is -2.21. The maximum Gasteiger partial charge on any atom is 0.264 e. The second-order valence-corrected chi connectivity index (χ2v) is 8.01. The topological polar surface area (TPSA) is 61.7 Å². The molecule has 0 radical (unpaired) electrons. The zero-order valence-electron chi connectivity index (χ0n) is 11.6. The van der Waals surface area contributed by atoms with Crippen molar-refractivity contribution in [2.75, 3.05) is 0 Å². The van der Waals surface area contributed by atoms with Crippen LogP contribution < -0.4 is 5.32 Å². The minimum atomic E-state index is -0.123. The van der Waals surface area contributed by atoms with Gasteiger partial charge in [-0.3, -0.25) is 9.79 Å². The van der Waals surface area contributed by atoms with E-state index >= 15 is 0 Å². The van der Waals surface area contributed by atoms with Crippen molar-refractivity contribution in [2.24, 2.45) is 4.99 Å². The summed E-state index contributed by atoms with van der Waals surface area (Å²) in [6.07, 6.45) is 6.45. The Morgan fingerprint density at radius 3 is 2.55 bits per heavy atom. The summed E-state index contributed by atoms with van der Waals surface area (Å²) in [5.41, 5.74) is 0.830. The highest BCUT2D eigenvalue weighted by atomic mass is 79.9. The largest absolute Gasteiger partial charge is 0.506 e. The van der Waals surface area contributed by atoms with E-state index < -0.39 is 0 Å². The van der Waals surface area contributed by atoms with Gasteiger partial charge in [0.1, 0.15) is 5.75 Å². The molecular formula is C15H14Br2N2O2S. The van der Waals surface area contributed by atoms with E-state index in [1.807, 2.05) is 0 Å². The Morgan fingerprint density at radius 1 is 1.27 bits per heavy atom. The lowest BCUT2D eigenvalue weighted by Gasteiger charge is -2.03. The van der Waals surface area contributed by atoms with Crippen LogP contribution in [0.5, 0.6) is 5.75 Å². The maximum atomic E-state index is 12.0. The van der Waals surface area contributed by atoms with Crippen molar-refractivity contribution in [3.8, 4) is 5.75 Å². The Hall–Kier alpha value is -0.790. The minimum absolute atomic E-state index is 0.123. The Labute approximate surface area is 149 Å². The molecule has 2 N–H and O–H groups in total. The Balaban J connectivity index is 1.81. The number of rotatable bonds is 2. The van der Waals surface area contributed by atoms with Crippen molar-refractivity contribution in [3.05, 3.63) is 31.5 Å². The van der Waals surface area contributed by atoms with E-state index in [0.29, 0.717) is 25.1 Å². The number of carbonyl (C=O) groups is 1. The first-order valence-corrected chi connectivity index (χ1v) is 9.40. The molecule has 1 aromatic carbocycles. The molecule has 1 aliphatic carbocycles. The number of thioether (sulfide) groups is 1. The van der Waals surface area contributed by atoms with Crippen molar-refractivity contribution in [1.29, 1.82) is 0 Å². The third-order valence-corrected chi connectivity index (χ3v) is 5.75. The van der Waals surface area contributed by atoms with Crippen molar-refractivity contribution in [1.82, 2.24) is 5.32 Å². The van der Waals surface area contributed by atoms with Crippen LogP contribution in [0.25, 0.3) is 6.08 Å². The molecule has 1 aromatic rings. The Bertz CT molecular complexity index is 659. The molecule has 1 heterocycles. The molecule has 0 bridgehead atoms. The van der Waals surface area contributed by atoms with E-state index in [1.54, 1.807) is 18.2 Å². The van der Waals surface area contributed by atoms with Crippen LogP contribution >= 0.6 is 43.6 Å². The summed E-state index contributed by atoms with van der Waals surface area (Å²) in [5, 5.41) is 13.2. The van der Waals surface area contributed by atoms with Crippen LogP contribution in [0.4, 0.5) is 0 Å². The number of halogens is 2. The number of nitrogens with zero attached hydrogens (tertiary/aromatic N) is 1. The number of amidine groups is 1. The van der Waals surface area contributed by atoms with Crippen molar-refractivity contribution >= 4 is 60.8 Å². The van der Waals surface area contributed by atoms with E-state index in [0.717, 1.165) is 18.4 Å². The maximum absolute atomic E-state index is 12.0. The van der Waals surface area contributed by atoms with Crippen LogP contribution in [0, 0.1) is 0 Å². The highest BCUT2D eigenvalue weighted by Gasteiger charge is 2.25. The number of hydrogen-bond acceptors (Lipinski definition) is 4. The van der Waals surface area contributed by atoms with Crippen LogP contribution in [-0.4, -0.2) is 22.2 Å². The molecule has 1 amide bonds. The summed E-state index contributed by atoms with van der Waals surface area (Å²) in [6.45, 7) is 0. The fourth-order valence-corrected chi connectivity index (χ4v) is 4.62. The highest BCUT2D eigenvalue weighted by molar-refractivity contribution is 9.11. The summed E-state index contributed by atoms with van der Waals surface area (Å²) in [4.78, 5) is 17.3. The molecule has 2 fully saturated rings. The van der Waals surface area contributed by atoms with E-state index in [9.17, 15) is 9.90 Å². The van der Waals surface area contributed by atoms with Crippen molar-refractivity contribution in [2.45, 2.75) is 31.7 Å². The second kappa shape index (κ2) is 6.76. The molecule has 1 saturated carbocycles. The smallest absolute Gasteiger partial charge is 0.264 e. The number of carbonyl (C=O) groups excluding carboxylic acids is 1. The lowest BCUT2D eigenvalue weighted by molar-refractivity contribution is -0.115. The van der Waals surface area contributed by atoms with Gasteiger partial charge in [0, 0.05) is 0 Å². The molecule has 4 nitrogen and oxygen atoms in total. The van der Waals surface area contributed by atoms with Crippen molar-refractivity contribution < 1.29 is 9.90 Å². The number of phenols is 1. The number of amides is 1. The first-order chi connectivity index (χ1) is 10.5. The quantitative estimate of drug-likeness (QED) is 0.662. The lowest BCUT2D eigenvalue weighted by atomic mass is 10.2. The molecular weight excluding hydrogens is 432 g/mol. The van der Waals surface area contributed by atoms with Gasteiger partial charge in [-0.05, 0) is 80.2 Å². The van der Waals surface area contributed by atoms with Gasteiger partial charge in [0.25, 0.3) is 5.91 Å². The van der Waals surface area contributed by atoms with Crippen LogP contribution in [0.2, 0.25) is 0 Å². The van der Waals surface area contributed by atoms with Gasteiger partial charge in [-0.2, -0.15) is 0 Å². The highest BCUT2D eigenvalue weighted by Crippen LogP contribution is 2.35. The molecule has 1 aliphatic heterocycles. The molecule has 0 unspecified atom stereocenters. The molecule has 22 heavy (non-hydrogen) atoms. The summed E-state index contributed by atoms with van der Waals surface area (Å²) in [5.74, 6) is 0.0243. The standard InChI is InChI=1S/C15H14Br2N2O2S/c16-10-5-8(6-11(17)13(10)20)7-12-14(21)19-15(22-12)18-9-3-1-2-4-9/h5-7,9,20H,1-4H2,(H,18,19,21)/b12-7+. The average molecular weight is 446 g/mol. The molecule has 0 atom stereocenters. The summed E-state index contributed by atoms with van der Waals surface area (Å²) < 4.78 is 1.16. The summed E-state index contributed by atoms with van der Waals surface area (Å²) >= 11 is 7.96. The van der Waals surface area contributed by atoms with Crippen LogP contribution in [0.1, 0.15) is 31.2 Å². The van der Waals surface area contributed by atoms with E-state index in [-0.39, 0.29) is 11.7 Å². The number of hydrogen-bond donors (Lipinski definition) is 2. The SMILES string of the molecule is O=C1NC(=NC2CCCC2)S/C1=C/c1cc(Br)c(O)c(Br)c1. The molecule has 7 heteroatoms. The van der Waals surface area contributed by atoms with Crippen LogP contribution in [0.3, 0.4) is 0 Å². The third kappa shape index (κ3) is 3.58. The van der Waals surface area contributed by atoms with E-state index in [1.165, 1.54) is 24.6 Å². The van der Waals surface area contributed by atoms with Crippen molar-refractivity contribution in [3.63, 3.8) is 0 Å². The fourth-order valence-electron chi connectivity index (χ4n) is 2.51. The van der Waals surface area contributed by atoms with Gasteiger partial charge >= 0.3 is 0 Å². The molecule has 0 aromatic heterocycles. The summed E-state index contributed by atoms with van der Waals surface area (Å²) in [6, 6.07) is 3.89. The van der Waals surface area contributed by atoms with Crippen LogP contribution in [-0.2, 0) is 4.79 Å². The van der Waals surface area contributed by atoms with Gasteiger partial charge < -0.3 is 10.4 Å².